The van der Waals surface area contributed by atoms with Crippen LogP contribution in [0.4, 0.5) is 16.3 Å². The van der Waals surface area contributed by atoms with E-state index in [4.69, 9.17) is 0 Å². The van der Waals surface area contributed by atoms with Gasteiger partial charge in [-0.25, -0.2) is 9.48 Å². The van der Waals surface area contributed by atoms with Crippen LogP contribution >= 0.6 is 0 Å². The van der Waals surface area contributed by atoms with Crippen molar-refractivity contribution in [2.75, 3.05) is 17.2 Å². The summed E-state index contributed by atoms with van der Waals surface area (Å²) in [5.41, 5.74) is 1.08. The molecule has 2 unspecified atom stereocenters. The Bertz CT molecular complexity index is 1110. The Morgan fingerprint density at radius 2 is 1.91 bits per heavy atom. The highest BCUT2D eigenvalue weighted by Gasteiger charge is 2.55. The second-order valence-electron chi connectivity index (χ2n) is 8.80. The zero-order valence-electron chi connectivity index (χ0n) is 19.0. The van der Waals surface area contributed by atoms with E-state index in [1.807, 2.05) is 13.8 Å². The number of aryl methyl sites for hydroxylation is 1. The molecule has 2 fully saturated rings. The zero-order valence-corrected chi connectivity index (χ0v) is 19.0. The van der Waals surface area contributed by atoms with Gasteiger partial charge in [0.2, 0.25) is 11.8 Å². The van der Waals surface area contributed by atoms with Gasteiger partial charge in [0.15, 0.2) is 0 Å². The lowest BCUT2D eigenvalue weighted by atomic mass is 9.73. The van der Waals surface area contributed by atoms with Gasteiger partial charge in [0.05, 0.1) is 11.4 Å². The van der Waals surface area contributed by atoms with Crippen LogP contribution in [0, 0.1) is 12.8 Å². The molecular weight excluding hydrogens is 424 g/mol. The summed E-state index contributed by atoms with van der Waals surface area (Å²) in [4.78, 5) is 50.5. The maximum Gasteiger partial charge on any atom is 0.325 e. The Morgan fingerprint density at radius 1 is 1.18 bits per heavy atom. The standard InChI is InChI=1S/C23H28N6O4/c1-14-6-4-5-11-23(14)21(32)28(22(33)26-23)13-20(31)25-17-7-9-18(10-8-17)29-19(24-16(3)30)12-15(2)27-29/h7-10,12,14H,4-6,11,13H2,1-3H3,(H,24,30)(H,25,31)(H,26,33). The number of benzene rings is 1. The van der Waals surface area contributed by atoms with Crippen molar-refractivity contribution < 1.29 is 19.2 Å². The summed E-state index contributed by atoms with van der Waals surface area (Å²) in [5.74, 6) is -0.395. The van der Waals surface area contributed by atoms with Crippen LogP contribution in [0.1, 0.15) is 45.2 Å². The van der Waals surface area contributed by atoms with Gasteiger partial charge in [0.25, 0.3) is 5.91 Å². The molecule has 1 aliphatic heterocycles. The number of urea groups is 1. The summed E-state index contributed by atoms with van der Waals surface area (Å²) < 4.78 is 1.60. The van der Waals surface area contributed by atoms with Crippen molar-refractivity contribution in [3.05, 3.63) is 36.0 Å². The highest BCUT2D eigenvalue weighted by atomic mass is 16.2. The minimum absolute atomic E-state index is 0.0385. The number of carbonyl (C=O) groups is 4. The molecule has 2 atom stereocenters. The fourth-order valence-electron chi connectivity index (χ4n) is 4.63. The number of anilines is 2. The predicted molar refractivity (Wildman–Crippen MR) is 122 cm³/mol. The smallest absolute Gasteiger partial charge is 0.325 e. The zero-order chi connectivity index (χ0) is 23.8. The molecule has 33 heavy (non-hydrogen) atoms. The molecule has 0 radical (unpaired) electrons. The van der Waals surface area contributed by atoms with Gasteiger partial charge in [0.1, 0.15) is 17.9 Å². The fraction of sp³-hybridized carbons (Fsp3) is 0.435. The van der Waals surface area contributed by atoms with Gasteiger partial charge in [-0.2, -0.15) is 5.10 Å². The molecule has 1 saturated carbocycles. The molecule has 5 amide bonds. The molecule has 0 bridgehead atoms. The Balaban J connectivity index is 1.42. The molecule has 1 aromatic heterocycles. The number of imide groups is 1. The number of aromatic nitrogens is 2. The van der Waals surface area contributed by atoms with Crippen LogP contribution in [-0.2, 0) is 14.4 Å². The molecule has 2 aromatic rings. The van der Waals surface area contributed by atoms with Gasteiger partial charge in [0, 0.05) is 18.7 Å². The predicted octanol–water partition coefficient (Wildman–Crippen LogP) is 2.58. The number of nitrogens with zero attached hydrogens (tertiary/aromatic N) is 3. The number of rotatable bonds is 5. The molecule has 174 valence electrons. The van der Waals surface area contributed by atoms with Crippen molar-refractivity contribution in [3.63, 3.8) is 0 Å². The average Bonchev–Trinajstić information content (AvgIpc) is 3.23. The average molecular weight is 453 g/mol. The summed E-state index contributed by atoms with van der Waals surface area (Å²) in [6.45, 7) is 4.88. The van der Waals surface area contributed by atoms with E-state index >= 15 is 0 Å². The van der Waals surface area contributed by atoms with Gasteiger partial charge in [-0.15, -0.1) is 0 Å². The normalized spacial score (nSPS) is 22.4. The van der Waals surface area contributed by atoms with Crippen LogP contribution in [0.5, 0.6) is 0 Å². The van der Waals surface area contributed by atoms with Gasteiger partial charge in [-0.1, -0.05) is 19.8 Å². The van der Waals surface area contributed by atoms with E-state index < -0.39 is 17.5 Å². The van der Waals surface area contributed by atoms with Crippen molar-refractivity contribution in [1.82, 2.24) is 20.0 Å². The van der Waals surface area contributed by atoms with Gasteiger partial charge >= 0.3 is 6.03 Å². The quantitative estimate of drug-likeness (QED) is 0.601. The first-order valence-electron chi connectivity index (χ1n) is 11.1. The number of hydrogen-bond donors (Lipinski definition) is 3. The molecular formula is C23H28N6O4. The van der Waals surface area contributed by atoms with Crippen molar-refractivity contribution >= 4 is 35.3 Å². The van der Waals surface area contributed by atoms with Crippen molar-refractivity contribution in [1.29, 1.82) is 0 Å². The molecule has 2 aliphatic rings. The van der Waals surface area contributed by atoms with Crippen molar-refractivity contribution in [2.24, 2.45) is 5.92 Å². The number of amides is 5. The topological polar surface area (TPSA) is 125 Å². The molecule has 10 nitrogen and oxygen atoms in total. The molecule has 1 aromatic carbocycles. The SMILES string of the molecule is CC(=O)Nc1cc(C)nn1-c1ccc(NC(=O)CN2C(=O)NC3(CCCCC3C)C2=O)cc1. The van der Waals surface area contributed by atoms with Crippen LogP contribution in [0.3, 0.4) is 0 Å². The second kappa shape index (κ2) is 8.68. The summed E-state index contributed by atoms with van der Waals surface area (Å²) in [7, 11) is 0. The van der Waals surface area contributed by atoms with E-state index in [1.54, 1.807) is 35.0 Å². The monoisotopic (exact) mass is 452 g/mol. The highest BCUT2D eigenvalue weighted by molar-refractivity contribution is 6.10. The third kappa shape index (κ3) is 4.33. The van der Waals surface area contributed by atoms with Crippen LogP contribution in [0.2, 0.25) is 0 Å². The maximum absolute atomic E-state index is 13.0. The molecule has 1 spiro atoms. The lowest BCUT2D eigenvalue weighted by Crippen LogP contribution is -2.54. The van der Waals surface area contributed by atoms with E-state index in [0.29, 0.717) is 23.6 Å². The van der Waals surface area contributed by atoms with Crippen LogP contribution < -0.4 is 16.0 Å². The van der Waals surface area contributed by atoms with E-state index in [9.17, 15) is 19.2 Å². The van der Waals surface area contributed by atoms with Crippen LogP contribution in [0.25, 0.3) is 5.69 Å². The first kappa shape index (κ1) is 22.5. The Morgan fingerprint density at radius 3 is 2.58 bits per heavy atom. The van der Waals surface area contributed by atoms with E-state index in [2.05, 4.69) is 21.0 Å². The third-order valence-electron chi connectivity index (χ3n) is 6.33. The maximum atomic E-state index is 13.0. The molecule has 1 saturated heterocycles. The fourth-order valence-corrected chi connectivity index (χ4v) is 4.63. The van der Waals surface area contributed by atoms with Crippen molar-refractivity contribution in [2.45, 2.75) is 52.0 Å². The van der Waals surface area contributed by atoms with Crippen LogP contribution in [-0.4, -0.2) is 50.5 Å². The molecule has 2 heterocycles. The summed E-state index contributed by atoms with van der Waals surface area (Å²) >= 11 is 0. The molecule has 3 N–H and O–H groups in total. The van der Waals surface area contributed by atoms with E-state index in [1.165, 1.54) is 6.92 Å². The number of hydrogen-bond acceptors (Lipinski definition) is 5. The van der Waals surface area contributed by atoms with Crippen LogP contribution in [0.15, 0.2) is 30.3 Å². The molecule has 1 aliphatic carbocycles. The number of carbonyl (C=O) groups excluding carboxylic acids is 4. The second-order valence-corrected chi connectivity index (χ2v) is 8.80. The first-order chi connectivity index (χ1) is 15.7. The molecule has 4 rings (SSSR count). The minimum Gasteiger partial charge on any atom is -0.325 e. The lowest BCUT2D eigenvalue weighted by Gasteiger charge is -2.36. The summed E-state index contributed by atoms with van der Waals surface area (Å²) in [5, 5.41) is 12.7. The Kier molecular flexibility index (Phi) is 5.92. The first-order valence-corrected chi connectivity index (χ1v) is 11.1. The lowest BCUT2D eigenvalue weighted by molar-refractivity contribution is -0.136. The highest BCUT2D eigenvalue weighted by Crippen LogP contribution is 2.38. The van der Waals surface area contributed by atoms with E-state index in [-0.39, 0.29) is 24.3 Å². The summed E-state index contributed by atoms with van der Waals surface area (Å²) in [6.07, 6.45) is 3.39. The molecule has 10 heteroatoms. The van der Waals surface area contributed by atoms with Gasteiger partial charge < -0.3 is 16.0 Å². The largest absolute Gasteiger partial charge is 0.325 e. The number of nitrogens with one attached hydrogen (secondary N) is 3. The van der Waals surface area contributed by atoms with Crippen molar-refractivity contribution in [3.8, 4) is 5.69 Å². The minimum atomic E-state index is -0.884. The third-order valence-corrected chi connectivity index (χ3v) is 6.33. The van der Waals surface area contributed by atoms with Gasteiger partial charge in [-0.3, -0.25) is 19.3 Å². The Hall–Kier alpha value is -3.69. The Labute approximate surface area is 191 Å². The van der Waals surface area contributed by atoms with Gasteiger partial charge in [-0.05, 0) is 49.9 Å². The van der Waals surface area contributed by atoms with E-state index in [0.717, 1.165) is 29.9 Å². The summed E-state index contributed by atoms with van der Waals surface area (Å²) in [6, 6.07) is 8.13.